The number of anilines is 1. The second-order valence-corrected chi connectivity index (χ2v) is 4.52. The predicted molar refractivity (Wildman–Crippen MR) is 59.5 cm³/mol. The number of nitrogens with one attached hydrogen (secondary N) is 1. The van der Waals surface area contributed by atoms with Gasteiger partial charge in [-0.2, -0.15) is 4.72 Å². The van der Waals surface area contributed by atoms with Gasteiger partial charge in [0.1, 0.15) is 4.90 Å². The molecule has 1 rings (SSSR count). The van der Waals surface area contributed by atoms with Gasteiger partial charge in [-0.3, -0.25) is 0 Å². The summed E-state index contributed by atoms with van der Waals surface area (Å²) in [6.07, 6.45) is 0. The van der Waals surface area contributed by atoms with Crippen LogP contribution in [-0.4, -0.2) is 15.0 Å². The topological polar surface area (TPSA) is 72.2 Å². The van der Waals surface area contributed by atoms with Gasteiger partial charge in [0.05, 0.1) is 12.2 Å². The van der Waals surface area contributed by atoms with E-state index in [1.54, 1.807) is 25.1 Å². The van der Waals surface area contributed by atoms with Crippen LogP contribution < -0.4 is 10.5 Å². The Hall–Kier alpha value is -1.51. The third kappa shape index (κ3) is 2.98. The van der Waals surface area contributed by atoms with E-state index in [1.165, 1.54) is 6.07 Å². The van der Waals surface area contributed by atoms with Crippen molar-refractivity contribution in [1.29, 1.82) is 0 Å². The number of sulfonamides is 1. The summed E-state index contributed by atoms with van der Waals surface area (Å²) in [5.74, 6) is 5.21. The van der Waals surface area contributed by atoms with Crippen molar-refractivity contribution in [2.24, 2.45) is 0 Å². The Balaban J connectivity index is 2.95. The summed E-state index contributed by atoms with van der Waals surface area (Å²) in [4.78, 5) is 0.0860. The van der Waals surface area contributed by atoms with Gasteiger partial charge in [0.25, 0.3) is 0 Å². The summed E-state index contributed by atoms with van der Waals surface area (Å²) < 4.78 is 25.7. The molecule has 0 aliphatic rings. The Morgan fingerprint density at radius 3 is 2.67 bits per heavy atom. The summed E-state index contributed by atoms with van der Waals surface area (Å²) in [7, 11) is -3.54. The molecule has 0 fully saturated rings. The lowest BCUT2D eigenvalue weighted by molar-refractivity contribution is 0.586. The van der Waals surface area contributed by atoms with E-state index in [1.807, 2.05) is 0 Å². The first-order chi connectivity index (χ1) is 7.08. The summed E-state index contributed by atoms with van der Waals surface area (Å²) in [6.45, 7) is 1.73. The molecule has 0 bridgehead atoms. The predicted octanol–water partition coefficient (Wildman–Crippen LogP) is 0.570. The molecule has 0 aliphatic carbocycles. The summed E-state index contributed by atoms with van der Waals surface area (Å²) in [5.41, 5.74) is 5.79. The van der Waals surface area contributed by atoms with Gasteiger partial charge in [0.15, 0.2) is 0 Å². The lowest BCUT2D eigenvalue weighted by Crippen LogP contribution is -2.24. The Kier molecular flexibility index (Phi) is 3.72. The van der Waals surface area contributed by atoms with Crippen molar-refractivity contribution in [3.05, 3.63) is 24.3 Å². The van der Waals surface area contributed by atoms with Crippen molar-refractivity contribution in [2.45, 2.75) is 11.8 Å². The van der Waals surface area contributed by atoms with Crippen molar-refractivity contribution in [3.63, 3.8) is 0 Å². The van der Waals surface area contributed by atoms with E-state index in [2.05, 4.69) is 16.6 Å². The highest BCUT2D eigenvalue weighted by molar-refractivity contribution is 7.89. The molecule has 0 radical (unpaired) electrons. The minimum Gasteiger partial charge on any atom is -0.398 e. The second kappa shape index (κ2) is 4.82. The molecule has 0 saturated heterocycles. The molecule has 0 saturated carbocycles. The Morgan fingerprint density at radius 1 is 1.40 bits per heavy atom. The number of hydrogen-bond donors (Lipinski definition) is 2. The van der Waals surface area contributed by atoms with Crippen LogP contribution >= 0.6 is 0 Å². The number of nitrogen functional groups attached to an aromatic ring is 1. The van der Waals surface area contributed by atoms with Crippen LogP contribution in [0.5, 0.6) is 0 Å². The van der Waals surface area contributed by atoms with E-state index in [0.29, 0.717) is 0 Å². The zero-order chi connectivity index (χ0) is 11.3. The first kappa shape index (κ1) is 11.6. The molecular formula is C10H12N2O2S. The average molecular weight is 224 g/mol. The number of benzene rings is 1. The quantitative estimate of drug-likeness (QED) is 0.582. The summed E-state index contributed by atoms with van der Waals surface area (Å²) in [5, 5.41) is 0. The number of hydrogen-bond acceptors (Lipinski definition) is 3. The minimum absolute atomic E-state index is 0.0860. The van der Waals surface area contributed by atoms with Gasteiger partial charge in [0, 0.05) is 0 Å². The molecule has 0 aromatic heterocycles. The van der Waals surface area contributed by atoms with Gasteiger partial charge < -0.3 is 5.73 Å². The van der Waals surface area contributed by atoms with E-state index in [0.717, 1.165) is 0 Å². The molecule has 0 amide bonds. The Labute approximate surface area is 89.5 Å². The molecule has 80 valence electrons. The van der Waals surface area contributed by atoms with Crippen LogP contribution in [-0.2, 0) is 10.0 Å². The highest BCUT2D eigenvalue weighted by Gasteiger charge is 2.15. The van der Waals surface area contributed by atoms with Crippen molar-refractivity contribution >= 4 is 15.7 Å². The minimum atomic E-state index is -3.54. The first-order valence-corrected chi connectivity index (χ1v) is 5.80. The fourth-order valence-electron chi connectivity index (χ4n) is 1.02. The van der Waals surface area contributed by atoms with Crippen molar-refractivity contribution in [3.8, 4) is 11.8 Å². The monoisotopic (exact) mass is 224 g/mol. The van der Waals surface area contributed by atoms with Gasteiger partial charge in [-0.15, -0.1) is 5.92 Å². The summed E-state index contributed by atoms with van der Waals surface area (Å²) in [6, 6.07) is 6.30. The van der Waals surface area contributed by atoms with Gasteiger partial charge in [0.2, 0.25) is 10.0 Å². The van der Waals surface area contributed by atoms with Gasteiger partial charge in [-0.1, -0.05) is 18.1 Å². The Morgan fingerprint density at radius 2 is 2.07 bits per heavy atom. The first-order valence-electron chi connectivity index (χ1n) is 4.31. The van der Waals surface area contributed by atoms with E-state index >= 15 is 0 Å². The lowest BCUT2D eigenvalue weighted by atomic mass is 10.3. The normalized spacial score (nSPS) is 10.5. The van der Waals surface area contributed by atoms with Gasteiger partial charge in [-0.25, -0.2) is 8.42 Å². The molecule has 5 heteroatoms. The molecule has 15 heavy (non-hydrogen) atoms. The van der Waals surface area contributed by atoms with E-state index in [9.17, 15) is 8.42 Å². The van der Waals surface area contributed by atoms with Crippen LogP contribution in [0.1, 0.15) is 6.92 Å². The van der Waals surface area contributed by atoms with Crippen LogP contribution in [0.25, 0.3) is 0 Å². The van der Waals surface area contributed by atoms with Crippen LogP contribution in [0.4, 0.5) is 5.69 Å². The highest BCUT2D eigenvalue weighted by Crippen LogP contribution is 2.16. The van der Waals surface area contributed by atoms with Crippen LogP contribution in [0.2, 0.25) is 0 Å². The molecule has 0 aliphatic heterocycles. The average Bonchev–Trinajstić information content (AvgIpc) is 2.18. The molecule has 0 heterocycles. The standard InChI is InChI=1S/C10H12N2O2S/c1-2-3-8-12-15(13,14)10-7-5-4-6-9(10)11/h4-7,12H,8,11H2,1H3. The number of nitrogens with two attached hydrogens (primary N) is 1. The van der Waals surface area contributed by atoms with Crippen molar-refractivity contribution in [1.82, 2.24) is 4.72 Å². The number of para-hydroxylation sites is 1. The fraction of sp³-hybridized carbons (Fsp3) is 0.200. The van der Waals surface area contributed by atoms with Crippen LogP contribution in [0.15, 0.2) is 29.2 Å². The zero-order valence-corrected chi connectivity index (χ0v) is 9.14. The number of rotatable bonds is 3. The SMILES string of the molecule is CC#CCNS(=O)(=O)c1ccccc1N. The maximum atomic E-state index is 11.7. The van der Waals surface area contributed by atoms with E-state index in [4.69, 9.17) is 5.73 Å². The third-order valence-electron chi connectivity index (χ3n) is 1.74. The molecule has 0 atom stereocenters. The summed E-state index contributed by atoms with van der Waals surface area (Å²) >= 11 is 0. The maximum absolute atomic E-state index is 11.7. The van der Waals surface area contributed by atoms with Gasteiger partial charge >= 0.3 is 0 Å². The third-order valence-corrected chi connectivity index (χ3v) is 3.21. The van der Waals surface area contributed by atoms with Gasteiger partial charge in [-0.05, 0) is 19.1 Å². The highest BCUT2D eigenvalue weighted by atomic mass is 32.2. The molecule has 0 spiro atoms. The lowest BCUT2D eigenvalue weighted by Gasteiger charge is -2.06. The Bertz CT molecular complexity index is 498. The molecular weight excluding hydrogens is 212 g/mol. The largest absolute Gasteiger partial charge is 0.398 e. The molecule has 1 aromatic rings. The zero-order valence-electron chi connectivity index (χ0n) is 8.32. The maximum Gasteiger partial charge on any atom is 0.243 e. The van der Waals surface area contributed by atoms with Crippen LogP contribution in [0.3, 0.4) is 0 Å². The molecule has 0 unspecified atom stereocenters. The van der Waals surface area contributed by atoms with E-state index in [-0.39, 0.29) is 17.1 Å². The second-order valence-electron chi connectivity index (χ2n) is 2.79. The molecule has 4 nitrogen and oxygen atoms in total. The van der Waals surface area contributed by atoms with Crippen molar-refractivity contribution in [2.75, 3.05) is 12.3 Å². The molecule has 1 aromatic carbocycles. The molecule has 3 N–H and O–H groups in total. The smallest absolute Gasteiger partial charge is 0.243 e. The van der Waals surface area contributed by atoms with Crippen LogP contribution in [0, 0.1) is 11.8 Å². The fourth-order valence-corrected chi connectivity index (χ4v) is 2.08. The van der Waals surface area contributed by atoms with Crippen molar-refractivity contribution < 1.29 is 8.42 Å². The van der Waals surface area contributed by atoms with E-state index < -0.39 is 10.0 Å².